The van der Waals surface area contributed by atoms with Crippen LogP contribution in [0.1, 0.15) is 11.1 Å². The topological polar surface area (TPSA) is 78.7 Å². The zero-order valence-corrected chi connectivity index (χ0v) is 11.0. The van der Waals surface area contributed by atoms with Crippen LogP contribution in [0, 0.1) is 10.1 Å². The highest BCUT2D eigenvalue weighted by Gasteiger charge is 2.24. The number of carbonyl (C=O) groups excluding carboxylic acids is 1. The number of halogens is 3. The van der Waals surface area contributed by atoms with Crippen molar-refractivity contribution in [2.75, 3.05) is 7.11 Å². The molecule has 20 heavy (non-hydrogen) atoms. The summed E-state index contributed by atoms with van der Waals surface area (Å²) in [6.07, 6.45) is -0.558. The summed E-state index contributed by atoms with van der Waals surface area (Å²) in [6.45, 7) is -3.18. The molecule has 1 rings (SSSR count). The third kappa shape index (κ3) is 4.02. The lowest BCUT2D eigenvalue weighted by Crippen LogP contribution is -2.12. The van der Waals surface area contributed by atoms with Crippen LogP contribution in [0.3, 0.4) is 0 Å². The largest absolute Gasteiger partial charge is 0.469 e. The van der Waals surface area contributed by atoms with E-state index in [0.717, 1.165) is 19.2 Å². The highest BCUT2D eigenvalue weighted by atomic mass is 35.5. The smallest absolute Gasteiger partial charge is 0.387 e. The van der Waals surface area contributed by atoms with Crippen LogP contribution < -0.4 is 4.74 Å². The van der Waals surface area contributed by atoms with Crippen molar-refractivity contribution in [3.8, 4) is 5.75 Å². The van der Waals surface area contributed by atoms with E-state index in [1.165, 1.54) is 0 Å². The lowest BCUT2D eigenvalue weighted by atomic mass is 10.1. The Bertz CT molecular complexity index is 524. The van der Waals surface area contributed by atoms with Crippen molar-refractivity contribution in [3.05, 3.63) is 33.4 Å². The number of alkyl halides is 3. The van der Waals surface area contributed by atoms with E-state index >= 15 is 0 Å². The molecule has 1 aromatic carbocycles. The summed E-state index contributed by atoms with van der Waals surface area (Å²) in [4.78, 5) is 21.4. The molecule has 0 aromatic heterocycles. The number of nitro benzene ring substituents is 1. The predicted molar refractivity (Wildman–Crippen MR) is 65.0 cm³/mol. The normalized spacial score (nSPS) is 10.4. The molecule has 0 aliphatic carbocycles. The Morgan fingerprint density at radius 1 is 1.50 bits per heavy atom. The standard InChI is InChI=1S/C11H10ClF2NO5/c1-19-10(16)4-7-8(15(17)18)2-6(5-12)3-9(7)20-11(13)14/h2-3,11H,4-5H2,1H3. The van der Waals surface area contributed by atoms with E-state index in [-0.39, 0.29) is 17.0 Å². The molecule has 0 atom stereocenters. The fraction of sp³-hybridized carbons (Fsp3) is 0.364. The van der Waals surface area contributed by atoms with Gasteiger partial charge in [-0.2, -0.15) is 8.78 Å². The Balaban J connectivity index is 3.38. The number of hydrogen-bond donors (Lipinski definition) is 0. The van der Waals surface area contributed by atoms with E-state index in [4.69, 9.17) is 11.6 Å². The molecule has 0 N–H and O–H groups in total. The average Bonchev–Trinajstić information content (AvgIpc) is 2.39. The van der Waals surface area contributed by atoms with Crippen LogP contribution in [-0.4, -0.2) is 24.6 Å². The van der Waals surface area contributed by atoms with Crippen LogP contribution in [0.25, 0.3) is 0 Å². The summed E-state index contributed by atoms with van der Waals surface area (Å²) in [6, 6.07) is 2.23. The number of ether oxygens (including phenoxy) is 2. The first-order chi connectivity index (χ1) is 9.38. The second-order valence-corrected chi connectivity index (χ2v) is 3.88. The van der Waals surface area contributed by atoms with Crippen LogP contribution in [0.5, 0.6) is 5.75 Å². The van der Waals surface area contributed by atoms with E-state index in [9.17, 15) is 23.7 Å². The summed E-state index contributed by atoms with van der Waals surface area (Å²) >= 11 is 5.54. The number of benzene rings is 1. The number of rotatable bonds is 6. The Labute approximate surface area is 117 Å². The van der Waals surface area contributed by atoms with Crippen molar-refractivity contribution < 1.29 is 28.0 Å². The minimum absolute atomic E-state index is 0.126. The van der Waals surface area contributed by atoms with Crippen molar-refractivity contribution in [2.24, 2.45) is 0 Å². The second kappa shape index (κ2) is 6.99. The zero-order chi connectivity index (χ0) is 15.3. The van der Waals surface area contributed by atoms with Gasteiger partial charge >= 0.3 is 12.6 Å². The van der Waals surface area contributed by atoms with Gasteiger partial charge in [-0.05, 0) is 11.6 Å². The van der Waals surface area contributed by atoms with E-state index in [1.54, 1.807) is 0 Å². The molecule has 0 spiro atoms. The molecule has 0 bridgehead atoms. The molecular formula is C11H10ClF2NO5. The maximum absolute atomic E-state index is 12.3. The van der Waals surface area contributed by atoms with Gasteiger partial charge in [0.1, 0.15) is 5.75 Å². The number of carbonyl (C=O) groups is 1. The molecule has 0 heterocycles. The van der Waals surface area contributed by atoms with Gasteiger partial charge in [-0.1, -0.05) is 0 Å². The molecule has 0 unspecified atom stereocenters. The fourth-order valence-electron chi connectivity index (χ4n) is 1.52. The van der Waals surface area contributed by atoms with Crippen molar-refractivity contribution in [2.45, 2.75) is 18.9 Å². The number of esters is 1. The van der Waals surface area contributed by atoms with Crippen molar-refractivity contribution in [1.29, 1.82) is 0 Å². The van der Waals surface area contributed by atoms with Gasteiger partial charge in [-0.15, -0.1) is 11.6 Å². The Morgan fingerprint density at radius 2 is 2.15 bits per heavy atom. The highest BCUT2D eigenvalue weighted by molar-refractivity contribution is 6.17. The Hall–Kier alpha value is -1.96. The first-order valence-electron chi connectivity index (χ1n) is 5.26. The third-order valence-electron chi connectivity index (χ3n) is 2.36. The maximum atomic E-state index is 12.3. The number of methoxy groups -OCH3 is 1. The van der Waals surface area contributed by atoms with Crippen molar-refractivity contribution in [3.63, 3.8) is 0 Å². The monoisotopic (exact) mass is 309 g/mol. The first-order valence-corrected chi connectivity index (χ1v) is 5.80. The second-order valence-electron chi connectivity index (χ2n) is 3.61. The van der Waals surface area contributed by atoms with Gasteiger partial charge in [-0.25, -0.2) is 0 Å². The molecule has 0 amide bonds. The molecule has 9 heteroatoms. The Morgan fingerprint density at radius 3 is 2.60 bits per heavy atom. The minimum atomic E-state index is -3.18. The molecule has 1 aromatic rings. The van der Waals surface area contributed by atoms with Crippen LogP contribution in [0.4, 0.5) is 14.5 Å². The lowest BCUT2D eigenvalue weighted by molar-refractivity contribution is -0.385. The average molecular weight is 310 g/mol. The molecule has 0 aliphatic heterocycles. The fourth-order valence-corrected chi connectivity index (χ4v) is 1.68. The summed E-state index contributed by atoms with van der Waals surface area (Å²) in [5.74, 6) is -1.40. The van der Waals surface area contributed by atoms with E-state index < -0.39 is 35.4 Å². The van der Waals surface area contributed by atoms with Crippen LogP contribution in [0.2, 0.25) is 0 Å². The molecule has 6 nitrogen and oxygen atoms in total. The Kier molecular flexibility index (Phi) is 5.63. The molecule has 0 aliphatic rings. The van der Waals surface area contributed by atoms with E-state index in [1.807, 2.05) is 0 Å². The van der Waals surface area contributed by atoms with Crippen molar-refractivity contribution in [1.82, 2.24) is 0 Å². The minimum Gasteiger partial charge on any atom is -0.469 e. The summed E-state index contributed by atoms with van der Waals surface area (Å²) in [5.41, 5.74) is -0.581. The molecule has 0 saturated heterocycles. The van der Waals surface area contributed by atoms with Crippen LogP contribution in [-0.2, 0) is 21.8 Å². The maximum Gasteiger partial charge on any atom is 0.387 e. The van der Waals surface area contributed by atoms with Gasteiger partial charge < -0.3 is 9.47 Å². The SMILES string of the molecule is COC(=O)Cc1c(OC(F)F)cc(CCl)cc1[N+](=O)[O-]. The molecule has 0 radical (unpaired) electrons. The third-order valence-corrected chi connectivity index (χ3v) is 2.67. The van der Waals surface area contributed by atoms with Gasteiger partial charge in [0.15, 0.2) is 0 Å². The molecule has 0 fully saturated rings. The zero-order valence-electron chi connectivity index (χ0n) is 10.3. The summed E-state index contributed by atoms with van der Waals surface area (Å²) < 4.78 is 33.3. The number of nitro groups is 1. The van der Waals surface area contributed by atoms with E-state index in [2.05, 4.69) is 9.47 Å². The lowest BCUT2D eigenvalue weighted by Gasteiger charge is -2.12. The van der Waals surface area contributed by atoms with Gasteiger partial charge in [0.25, 0.3) is 5.69 Å². The summed E-state index contributed by atoms with van der Waals surface area (Å²) in [7, 11) is 1.08. The van der Waals surface area contributed by atoms with Crippen LogP contribution in [0.15, 0.2) is 12.1 Å². The van der Waals surface area contributed by atoms with Crippen molar-refractivity contribution >= 4 is 23.3 Å². The quantitative estimate of drug-likeness (QED) is 0.349. The molecular weight excluding hydrogens is 300 g/mol. The molecule has 0 saturated carbocycles. The van der Waals surface area contributed by atoms with E-state index in [0.29, 0.717) is 0 Å². The van der Waals surface area contributed by atoms with Gasteiger partial charge in [0.2, 0.25) is 0 Å². The predicted octanol–water partition coefficient (Wildman–Crippen LogP) is 2.65. The van der Waals surface area contributed by atoms with Gasteiger partial charge in [0.05, 0.1) is 24.0 Å². The van der Waals surface area contributed by atoms with Crippen LogP contribution >= 0.6 is 11.6 Å². The highest BCUT2D eigenvalue weighted by Crippen LogP contribution is 2.33. The summed E-state index contributed by atoms with van der Waals surface area (Å²) in [5, 5.41) is 11.0. The molecule has 110 valence electrons. The first kappa shape index (κ1) is 16.1. The number of hydrogen-bond acceptors (Lipinski definition) is 5. The van der Waals surface area contributed by atoms with Gasteiger partial charge in [0, 0.05) is 11.9 Å². The van der Waals surface area contributed by atoms with Gasteiger partial charge in [-0.3, -0.25) is 14.9 Å². The number of nitrogens with zero attached hydrogens (tertiary/aromatic N) is 1.